The van der Waals surface area contributed by atoms with Gasteiger partial charge in [0.05, 0.1) is 11.1 Å². The quantitative estimate of drug-likeness (QED) is 0.907. The zero-order valence-corrected chi connectivity index (χ0v) is 11.7. The van der Waals surface area contributed by atoms with E-state index in [1.165, 1.54) is 30.3 Å². The lowest BCUT2D eigenvalue weighted by Gasteiger charge is -2.08. The van der Waals surface area contributed by atoms with Crippen molar-refractivity contribution in [3.05, 3.63) is 63.9 Å². The monoisotopic (exact) mass is 307 g/mol. The number of nitrogens with one attached hydrogen (secondary N) is 1. The number of aryl methyl sites for hydroxylation is 1. The maximum Gasteiger partial charge on any atom is 0.335 e. The molecule has 4 nitrogen and oxygen atoms in total. The molecule has 0 aliphatic rings. The van der Waals surface area contributed by atoms with Crippen LogP contribution in [0.25, 0.3) is 0 Å². The Labute approximate surface area is 125 Å². The van der Waals surface area contributed by atoms with Crippen molar-refractivity contribution in [2.24, 2.45) is 0 Å². The van der Waals surface area contributed by atoms with Gasteiger partial charge in [0.2, 0.25) is 0 Å². The molecule has 0 aliphatic carbocycles. The summed E-state index contributed by atoms with van der Waals surface area (Å²) in [4.78, 5) is 22.9. The lowest BCUT2D eigenvalue weighted by Crippen LogP contribution is -2.14. The summed E-state index contributed by atoms with van der Waals surface area (Å²) < 4.78 is 13.6. The highest BCUT2D eigenvalue weighted by Gasteiger charge is 2.13. The van der Waals surface area contributed by atoms with Crippen LogP contribution in [0.2, 0.25) is 5.02 Å². The van der Waals surface area contributed by atoms with E-state index in [4.69, 9.17) is 16.7 Å². The van der Waals surface area contributed by atoms with Crippen molar-refractivity contribution in [3.8, 4) is 0 Å². The van der Waals surface area contributed by atoms with Gasteiger partial charge in [-0.1, -0.05) is 11.6 Å². The van der Waals surface area contributed by atoms with Crippen molar-refractivity contribution in [1.29, 1.82) is 0 Å². The number of carbonyl (C=O) groups is 2. The predicted molar refractivity (Wildman–Crippen MR) is 77.5 cm³/mol. The number of hydrogen-bond acceptors (Lipinski definition) is 2. The lowest BCUT2D eigenvalue weighted by atomic mass is 10.1. The van der Waals surface area contributed by atoms with Crippen molar-refractivity contribution in [2.75, 3.05) is 5.32 Å². The molecule has 1 amide bonds. The molecule has 2 aromatic rings. The van der Waals surface area contributed by atoms with E-state index >= 15 is 0 Å². The summed E-state index contributed by atoms with van der Waals surface area (Å²) in [5.41, 5.74) is 0.888. The van der Waals surface area contributed by atoms with E-state index in [1.807, 2.05) is 0 Å². The van der Waals surface area contributed by atoms with Crippen molar-refractivity contribution in [3.63, 3.8) is 0 Å². The molecular formula is C15H11ClFNO3. The fourth-order valence-corrected chi connectivity index (χ4v) is 2.01. The highest BCUT2D eigenvalue weighted by atomic mass is 35.5. The normalized spacial score (nSPS) is 10.2. The molecule has 0 atom stereocenters. The lowest BCUT2D eigenvalue weighted by molar-refractivity contribution is 0.0696. The number of carboxylic acids is 1. The van der Waals surface area contributed by atoms with Gasteiger partial charge in [-0.05, 0) is 48.9 Å². The molecule has 0 spiro atoms. The van der Waals surface area contributed by atoms with Gasteiger partial charge >= 0.3 is 5.97 Å². The van der Waals surface area contributed by atoms with Crippen LogP contribution in [0.5, 0.6) is 0 Å². The Balaban J connectivity index is 2.23. The smallest absolute Gasteiger partial charge is 0.335 e. The van der Waals surface area contributed by atoms with Gasteiger partial charge in [-0.15, -0.1) is 0 Å². The number of carboxylic acid groups (broad SMARTS) is 1. The van der Waals surface area contributed by atoms with Crippen molar-refractivity contribution in [2.45, 2.75) is 6.92 Å². The van der Waals surface area contributed by atoms with Gasteiger partial charge in [-0.2, -0.15) is 0 Å². The number of amides is 1. The third kappa shape index (κ3) is 3.38. The Morgan fingerprint density at radius 1 is 1.14 bits per heavy atom. The van der Waals surface area contributed by atoms with Gasteiger partial charge in [0.1, 0.15) is 5.82 Å². The van der Waals surface area contributed by atoms with Crippen LogP contribution in [0.1, 0.15) is 26.3 Å². The molecule has 0 aromatic heterocycles. The molecule has 0 heterocycles. The third-order valence-electron chi connectivity index (χ3n) is 2.89. The van der Waals surface area contributed by atoms with Crippen LogP contribution in [0.15, 0.2) is 36.4 Å². The van der Waals surface area contributed by atoms with Crippen LogP contribution in [0, 0.1) is 12.7 Å². The van der Waals surface area contributed by atoms with E-state index in [0.717, 1.165) is 6.07 Å². The average molecular weight is 308 g/mol. The van der Waals surface area contributed by atoms with Gasteiger partial charge in [0, 0.05) is 10.7 Å². The van der Waals surface area contributed by atoms with Crippen LogP contribution < -0.4 is 5.32 Å². The summed E-state index contributed by atoms with van der Waals surface area (Å²) in [6.45, 7) is 1.61. The molecule has 0 aliphatic heterocycles. The van der Waals surface area contributed by atoms with Gasteiger partial charge in [0.15, 0.2) is 0 Å². The number of benzene rings is 2. The Morgan fingerprint density at radius 2 is 1.81 bits per heavy atom. The first kappa shape index (κ1) is 15.0. The minimum atomic E-state index is -1.05. The van der Waals surface area contributed by atoms with Crippen LogP contribution in [0.4, 0.5) is 10.1 Å². The molecular weight excluding hydrogens is 297 g/mol. The number of aromatic carboxylic acids is 1. The van der Waals surface area contributed by atoms with E-state index < -0.39 is 17.7 Å². The largest absolute Gasteiger partial charge is 0.478 e. The topological polar surface area (TPSA) is 66.4 Å². The second-order valence-electron chi connectivity index (χ2n) is 4.41. The van der Waals surface area contributed by atoms with E-state index in [2.05, 4.69) is 5.32 Å². The Hall–Kier alpha value is -2.40. The van der Waals surface area contributed by atoms with Crippen LogP contribution in [0.3, 0.4) is 0 Å². The minimum Gasteiger partial charge on any atom is -0.478 e. The molecule has 0 fully saturated rings. The first-order chi connectivity index (χ1) is 9.88. The number of halogens is 2. The van der Waals surface area contributed by atoms with E-state index in [9.17, 15) is 14.0 Å². The second kappa shape index (κ2) is 5.93. The summed E-state index contributed by atoms with van der Waals surface area (Å²) in [6, 6.07) is 8.09. The molecule has 2 rings (SSSR count). The van der Waals surface area contributed by atoms with Gasteiger partial charge in [0.25, 0.3) is 5.91 Å². The fourth-order valence-electron chi connectivity index (χ4n) is 1.85. The van der Waals surface area contributed by atoms with E-state index in [0.29, 0.717) is 11.3 Å². The van der Waals surface area contributed by atoms with Crippen molar-refractivity contribution < 1.29 is 19.1 Å². The van der Waals surface area contributed by atoms with E-state index in [1.54, 1.807) is 6.92 Å². The number of rotatable bonds is 3. The zero-order valence-electron chi connectivity index (χ0n) is 11.0. The van der Waals surface area contributed by atoms with Gasteiger partial charge in [-0.25, -0.2) is 9.18 Å². The molecule has 6 heteroatoms. The van der Waals surface area contributed by atoms with Crippen LogP contribution in [-0.2, 0) is 0 Å². The molecule has 0 saturated carbocycles. The Morgan fingerprint density at radius 3 is 2.38 bits per heavy atom. The Kier molecular flexibility index (Phi) is 4.23. The summed E-state index contributed by atoms with van der Waals surface area (Å²) in [5.74, 6) is -2.40. The van der Waals surface area contributed by atoms with Crippen LogP contribution in [-0.4, -0.2) is 17.0 Å². The standard InChI is InChI=1S/C15H11ClFNO3/c1-8-6-10(3-5-11(8)15(20)21)18-14(19)12-4-2-9(16)7-13(12)17/h2-7H,1H3,(H,18,19)(H,20,21). The Bertz CT molecular complexity index is 731. The molecule has 108 valence electrons. The summed E-state index contributed by atoms with van der Waals surface area (Å²) in [7, 11) is 0. The fraction of sp³-hybridized carbons (Fsp3) is 0.0667. The summed E-state index contributed by atoms with van der Waals surface area (Å²) in [5, 5.41) is 11.6. The SMILES string of the molecule is Cc1cc(NC(=O)c2ccc(Cl)cc2F)ccc1C(=O)O. The molecule has 0 unspecified atom stereocenters. The molecule has 21 heavy (non-hydrogen) atoms. The van der Waals surface area contributed by atoms with E-state index in [-0.39, 0.29) is 16.1 Å². The van der Waals surface area contributed by atoms with Crippen LogP contribution >= 0.6 is 11.6 Å². The summed E-state index contributed by atoms with van der Waals surface area (Å²) >= 11 is 5.62. The first-order valence-electron chi connectivity index (χ1n) is 5.99. The third-order valence-corrected chi connectivity index (χ3v) is 3.13. The summed E-state index contributed by atoms with van der Waals surface area (Å²) in [6.07, 6.45) is 0. The number of anilines is 1. The molecule has 0 saturated heterocycles. The number of carbonyl (C=O) groups excluding carboxylic acids is 1. The highest BCUT2D eigenvalue weighted by Crippen LogP contribution is 2.18. The van der Waals surface area contributed by atoms with Gasteiger partial charge in [-0.3, -0.25) is 4.79 Å². The zero-order chi connectivity index (χ0) is 15.6. The number of hydrogen-bond donors (Lipinski definition) is 2. The maximum absolute atomic E-state index is 13.6. The van der Waals surface area contributed by atoms with Gasteiger partial charge < -0.3 is 10.4 Å². The van der Waals surface area contributed by atoms with Crippen molar-refractivity contribution in [1.82, 2.24) is 0 Å². The predicted octanol–water partition coefficient (Wildman–Crippen LogP) is 3.74. The minimum absolute atomic E-state index is 0.139. The highest BCUT2D eigenvalue weighted by molar-refractivity contribution is 6.30. The molecule has 0 radical (unpaired) electrons. The van der Waals surface area contributed by atoms with Crippen molar-refractivity contribution >= 4 is 29.2 Å². The first-order valence-corrected chi connectivity index (χ1v) is 6.36. The molecule has 2 aromatic carbocycles. The molecule has 2 N–H and O–H groups in total. The molecule has 0 bridgehead atoms. The average Bonchev–Trinajstić information content (AvgIpc) is 2.37. The second-order valence-corrected chi connectivity index (χ2v) is 4.85. The maximum atomic E-state index is 13.6.